The summed E-state index contributed by atoms with van der Waals surface area (Å²) in [5.74, 6) is 0. The Hall–Kier alpha value is -2.25. The van der Waals surface area contributed by atoms with Crippen molar-refractivity contribution in [3.05, 3.63) is 30.4 Å². The lowest BCUT2D eigenvalue weighted by Crippen LogP contribution is -2.30. The average molecular weight is 375 g/mol. The predicted molar refractivity (Wildman–Crippen MR) is 86.0 cm³/mol. The van der Waals surface area contributed by atoms with Gasteiger partial charge in [-0.2, -0.15) is 30.7 Å². The molecule has 0 aliphatic rings. The van der Waals surface area contributed by atoms with E-state index in [0.29, 0.717) is 14.2 Å². The molecule has 0 fully saturated rings. The van der Waals surface area contributed by atoms with Crippen molar-refractivity contribution in [3.8, 4) is 0 Å². The molecule has 2 aromatic rings. The molecule has 0 saturated heterocycles. The van der Waals surface area contributed by atoms with E-state index in [1.807, 2.05) is 0 Å². The highest BCUT2D eigenvalue weighted by molar-refractivity contribution is 7.89. The summed E-state index contributed by atoms with van der Waals surface area (Å²) < 4.78 is 52.3. The molecule has 0 aliphatic carbocycles. The van der Waals surface area contributed by atoms with Crippen LogP contribution in [-0.2, 0) is 27.3 Å². The fraction of sp³-hybridized carbons (Fsp3) is 0.364. The second-order valence-electron chi connectivity index (χ2n) is 4.92. The van der Waals surface area contributed by atoms with Gasteiger partial charge >= 0.3 is 20.2 Å². The predicted octanol–water partition coefficient (Wildman–Crippen LogP) is -1.07. The molecular formula is C11H17N7O4S2. The minimum absolute atomic E-state index is 0.481. The topological polar surface area (TPSA) is 123 Å². The van der Waals surface area contributed by atoms with Gasteiger partial charge in [0.05, 0.1) is 11.9 Å². The van der Waals surface area contributed by atoms with Crippen molar-refractivity contribution in [2.75, 3.05) is 21.1 Å². The third kappa shape index (κ3) is 3.32. The van der Waals surface area contributed by atoms with E-state index < -0.39 is 25.4 Å². The van der Waals surface area contributed by atoms with E-state index >= 15 is 0 Å². The Morgan fingerprint density at radius 3 is 2.42 bits per heavy atom. The van der Waals surface area contributed by atoms with Crippen LogP contribution in [0.3, 0.4) is 0 Å². The van der Waals surface area contributed by atoms with Crippen molar-refractivity contribution in [2.45, 2.75) is 5.16 Å². The van der Waals surface area contributed by atoms with Gasteiger partial charge in [-0.3, -0.25) is 0 Å². The Bertz CT molecular complexity index is 956. The molecule has 24 heavy (non-hydrogen) atoms. The molecule has 13 heteroatoms. The van der Waals surface area contributed by atoms with Gasteiger partial charge in [-0.05, 0) is 12.1 Å². The summed E-state index contributed by atoms with van der Waals surface area (Å²) in [6.45, 7) is 0. The van der Waals surface area contributed by atoms with Crippen LogP contribution in [0.25, 0.3) is 0 Å². The molecule has 2 aromatic heterocycles. The van der Waals surface area contributed by atoms with Crippen molar-refractivity contribution < 1.29 is 16.8 Å². The second-order valence-corrected chi connectivity index (χ2v) is 8.76. The Morgan fingerprint density at radius 2 is 1.88 bits per heavy atom. The first kappa shape index (κ1) is 18.1. The van der Waals surface area contributed by atoms with Crippen molar-refractivity contribution >= 4 is 26.4 Å². The van der Waals surface area contributed by atoms with Gasteiger partial charge in [0.1, 0.15) is 6.33 Å². The molecule has 0 aliphatic heterocycles. The maximum absolute atomic E-state index is 12.3. The van der Waals surface area contributed by atoms with Crippen LogP contribution >= 0.6 is 0 Å². The highest BCUT2D eigenvalue weighted by Crippen LogP contribution is 2.10. The van der Waals surface area contributed by atoms with E-state index in [1.165, 1.54) is 27.4 Å². The molecule has 0 amide bonds. The maximum Gasteiger partial charge on any atom is 0.323 e. The zero-order chi connectivity index (χ0) is 18.1. The van der Waals surface area contributed by atoms with E-state index in [0.717, 1.165) is 10.6 Å². The zero-order valence-corrected chi connectivity index (χ0v) is 15.1. The van der Waals surface area contributed by atoms with Crippen LogP contribution in [0.1, 0.15) is 5.69 Å². The van der Waals surface area contributed by atoms with E-state index in [-0.39, 0.29) is 0 Å². The molecule has 0 aromatic carbocycles. The second kappa shape index (κ2) is 6.33. The molecule has 0 spiro atoms. The van der Waals surface area contributed by atoms with Gasteiger partial charge in [0, 0.05) is 34.4 Å². The number of nitrogens with zero attached hydrogens (tertiary/aromatic N) is 7. The summed E-state index contributed by atoms with van der Waals surface area (Å²) in [7, 11) is -2.54. The Balaban J connectivity index is 2.29. The van der Waals surface area contributed by atoms with E-state index in [4.69, 9.17) is 0 Å². The molecule has 2 heterocycles. The van der Waals surface area contributed by atoms with Gasteiger partial charge in [0.15, 0.2) is 0 Å². The lowest BCUT2D eigenvalue weighted by molar-refractivity contribution is 0.481. The molecule has 0 N–H and O–H groups in total. The maximum atomic E-state index is 12.3. The monoisotopic (exact) mass is 375 g/mol. The lowest BCUT2D eigenvalue weighted by atomic mass is 10.5. The standard InChI is InChI=1S/C11H17N7O4S2/c1-15(2)24(21,22)18-9-12-11(14-18)23(19,20)17(4)13-8-10-6-5-7-16(10)3/h5-9H,1-4H3/b13-8+. The first-order valence-electron chi connectivity index (χ1n) is 6.56. The van der Waals surface area contributed by atoms with Crippen molar-refractivity contribution in [2.24, 2.45) is 12.1 Å². The smallest absolute Gasteiger partial charge is 0.323 e. The molecular weight excluding hydrogens is 358 g/mol. The average Bonchev–Trinajstić information content (AvgIpc) is 3.14. The zero-order valence-electron chi connectivity index (χ0n) is 13.5. The van der Waals surface area contributed by atoms with Crippen LogP contribution in [0.2, 0.25) is 0 Å². The SMILES string of the molecule is CN(/N=C/c1cccn1C)S(=O)(=O)c1ncn(S(=O)(=O)N(C)C)n1. The van der Waals surface area contributed by atoms with Crippen molar-refractivity contribution in [1.82, 2.24) is 27.5 Å². The molecule has 0 saturated carbocycles. The lowest BCUT2D eigenvalue weighted by Gasteiger charge is -2.11. The minimum atomic E-state index is -4.17. The fourth-order valence-electron chi connectivity index (χ4n) is 1.56. The number of hydrogen-bond acceptors (Lipinski definition) is 7. The number of aromatic nitrogens is 4. The van der Waals surface area contributed by atoms with Gasteiger partial charge in [-0.25, -0.2) is 4.98 Å². The highest BCUT2D eigenvalue weighted by Gasteiger charge is 2.27. The van der Waals surface area contributed by atoms with Crippen LogP contribution < -0.4 is 0 Å². The van der Waals surface area contributed by atoms with Crippen LogP contribution in [0.15, 0.2) is 34.9 Å². The summed E-state index contributed by atoms with van der Waals surface area (Å²) >= 11 is 0. The first-order chi connectivity index (χ1) is 11.1. The number of rotatable bonds is 6. The third-order valence-corrected chi connectivity index (χ3v) is 6.07. The highest BCUT2D eigenvalue weighted by atomic mass is 32.2. The Kier molecular flexibility index (Phi) is 4.77. The largest absolute Gasteiger partial charge is 0.350 e. The van der Waals surface area contributed by atoms with Crippen molar-refractivity contribution in [3.63, 3.8) is 0 Å². The van der Waals surface area contributed by atoms with Gasteiger partial charge < -0.3 is 4.57 Å². The Morgan fingerprint density at radius 1 is 1.21 bits per heavy atom. The summed E-state index contributed by atoms with van der Waals surface area (Å²) in [6.07, 6.45) is 3.95. The molecule has 2 rings (SSSR count). The quantitative estimate of drug-likeness (QED) is 0.468. The number of sulfonamides is 1. The minimum Gasteiger partial charge on any atom is -0.350 e. The van der Waals surface area contributed by atoms with E-state index in [2.05, 4.69) is 15.2 Å². The number of aryl methyl sites for hydroxylation is 1. The summed E-state index contributed by atoms with van der Waals surface area (Å²) in [4.78, 5) is 3.56. The molecule has 0 unspecified atom stereocenters. The van der Waals surface area contributed by atoms with Crippen LogP contribution in [0, 0.1) is 0 Å². The third-order valence-electron chi connectivity index (χ3n) is 3.06. The number of hydrazone groups is 1. The molecule has 0 radical (unpaired) electrons. The van der Waals surface area contributed by atoms with Crippen LogP contribution in [0.5, 0.6) is 0 Å². The molecule has 132 valence electrons. The first-order valence-corrected chi connectivity index (χ1v) is 9.39. The summed E-state index contributed by atoms with van der Waals surface area (Å²) in [5, 5.41) is 6.69. The van der Waals surface area contributed by atoms with Gasteiger partial charge in [0.2, 0.25) is 0 Å². The van der Waals surface area contributed by atoms with E-state index in [1.54, 1.807) is 29.9 Å². The van der Waals surface area contributed by atoms with Crippen LogP contribution in [0.4, 0.5) is 0 Å². The Labute approximate surface area is 140 Å². The van der Waals surface area contributed by atoms with Gasteiger partial charge in [-0.1, -0.05) is 0 Å². The fourth-order valence-corrected chi connectivity index (χ4v) is 3.07. The summed E-state index contributed by atoms with van der Waals surface area (Å²) in [6, 6.07) is 3.53. The molecule has 0 atom stereocenters. The van der Waals surface area contributed by atoms with Crippen molar-refractivity contribution in [1.29, 1.82) is 0 Å². The van der Waals surface area contributed by atoms with E-state index in [9.17, 15) is 16.8 Å². The number of hydrogen-bond donors (Lipinski definition) is 0. The molecule has 0 bridgehead atoms. The summed E-state index contributed by atoms with van der Waals surface area (Å²) in [5.41, 5.74) is 0.686. The van der Waals surface area contributed by atoms with Gasteiger partial charge in [-0.15, -0.1) is 9.19 Å². The van der Waals surface area contributed by atoms with Gasteiger partial charge in [0.25, 0.3) is 5.16 Å². The van der Waals surface area contributed by atoms with Crippen LogP contribution in [-0.4, -0.2) is 71.6 Å². The normalized spacial score (nSPS) is 13.0. The molecule has 11 nitrogen and oxygen atoms in total.